The Kier molecular flexibility index (Phi) is 4.29. The number of aromatic nitrogens is 3. The van der Waals surface area contributed by atoms with E-state index in [4.69, 9.17) is 16.6 Å². The maximum atomic E-state index is 5.92. The zero-order valence-electron chi connectivity index (χ0n) is 11.5. The summed E-state index contributed by atoms with van der Waals surface area (Å²) in [5.41, 5.74) is 1.91. The summed E-state index contributed by atoms with van der Waals surface area (Å²) in [7, 11) is 2.20. The number of alkyl halides is 1. The predicted molar refractivity (Wildman–Crippen MR) is 85.3 cm³/mol. The molecule has 0 amide bonds. The van der Waals surface area contributed by atoms with Gasteiger partial charge < -0.3 is 9.47 Å². The molecule has 3 heterocycles. The number of nitrogens with zero attached hydrogens (tertiary/aromatic N) is 4. The largest absolute Gasteiger partial charge is 0.311 e. The van der Waals surface area contributed by atoms with Gasteiger partial charge in [0, 0.05) is 35.6 Å². The van der Waals surface area contributed by atoms with Crippen molar-refractivity contribution in [3.05, 3.63) is 22.6 Å². The van der Waals surface area contributed by atoms with Crippen LogP contribution in [0.2, 0.25) is 0 Å². The van der Waals surface area contributed by atoms with Gasteiger partial charge >= 0.3 is 0 Å². The van der Waals surface area contributed by atoms with Gasteiger partial charge in [0.15, 0.2) is 5.65 Å². The number of hydrogen-bond acceptors (Lipinski definition) is 3. The lowest BCUT2D eigenvalue weighted by molar-refractivity contribution is 0.282. The number of likely N-dealkylation sites (N-methyl/N-ethyl adjacent to an activating group) is 1. The van der Waals surface area contributed by atoms with Crippen molar-refractivity contribution in [1.29, 1.82) is 0 Å². The number of likely N-dealkylation sites (tertiary alicyclic amines) is 1. The van der Waals surface area contributed by atoms with Gasteiger partial charge in [-0.3, -0.25) is 0 Å². The molecule has 0 N–H and O–H groups in total. The van der Waals surface area contributed by atoms with E-state index in [1.54, 1.807) is 0 Å². The van der Waals surface area contributed by atoms with Crippen LogP contribution in [0.1, 0.15) is 18.7 Å². The van der Waals surface area contributed by atoms with Crippen molar-refractivity contribution in [2.75, 3.05) is 19.5 Å². The number of imidazole rings is 1. The van der Waals surface area contributed by atoms with E-state index in [1.165, 1.54) is 19.4 Å². The summed E-state index contributed by atoms with van der Waals surface area (Å²) in [5.74, 6) is 1.63. The van der Waals surface area contributed by atoms with Crippen molar-refractivity contribution >= 4 is 38.7 Å². The number of halogens is 2. The first-order valence-corrected chi connectivity index (χ1v) is 8.28. The highest BCUT2D eigenvalue weighted by molar-refractivity contribution is 9.10. The number of aryl methyl sites for hydroxylation is 1. The molecule has 0 aliphatic carbocycles. The third-order valence-electron chi connectivity index (χ3n) is 4.01. The van der Waals surface area contributed by atoms with Gasteiger partial charge in [0.1, 0.15) is 11.3 Å². The van der Waals surface area contributed by atoms with Gasteiger partial charge in [-0.05, 0) is 48.4 Å². The molecule has 0 radical (unpaired) electrons. The molecule has 108 valence electrons. The monoisotopic (exact) mass is 356 g/mol. The van der Waals surface area contributed by atoms with E-state index in [0.717, 1.165) is 34.4 Å². The molecule has 2 aromatic heterocycles. The Bertz CT molecular complexity index is 612. The molecule has 0 bridgehead atoms. The van der Waals surface area contributed by atoms with Crippen LogP contribution in [0.4, 0.5) is 0 Å². The highest BCUT2D eigenvalue weighted by Gasteiger charge is 2.23. The molecule has 1 aliphatic heterocycles. The Morgan fingerprint density at radius 1 is 1.50 bits per heavy atom. The molecule has 0 spiro atoms. The Labute approximate surface area is 132 Å². The van der Waals surface area contributed by atoms with Gasteiger partial charge in [-0.25, -0.2) is 9.97 Å². The molecule has 6 heteroatoms. The Hall–Kier alpha value is -0.650. The average Bonchev–Trinajstić information content (AvgIpc) is 2.96. The number of pyridine rings is 1. The SMILES string of the molecule is CN1CCCC1Cn1c(CCCl)nc2cc(Br)cnc21. The van der Waals surface area contributed by atoms with E-state index in [0.29, 0.717) is 11.9 Å². The Balaban J connectivity index is 1.99. The van der Waals surface area contributed by atoms with Crippen LogP contribution in [0.25, 0.3) is 11.2 Å². The van der Waals surface area contributed by atoms with E-state index in [9.17, 15) is 0 Å². The van der Waals surface area contributed by atoms with Crippen molar-refractivity contribution in [3.8, 4) is 0 Å². The predicted octanol–water partition coefficient (Wildman–Crippen LogP) is 3.07. The number of hydrogen-bond donors (Lipinski definition) is 0. The zero-order valence-corrected chi connectivity index (χ0v) is 13.9. The van der Waals surface area contributed by atoms with E-state index in [2.05, 4.69) is 37.4 Å². The fourth-order valence-electron chi connectivity index (χ4n) is 2.92. The van der Waals surface area contributed by atoms with Crippen LogP contribution in [0.15, 0.2) is 16.7 Å². The fraction of sp³-hybridized carbons (Fsp3) is 0.571. The lowest BCUT2D eigenvalue weighted by Gasteiger charge is -2.21. The first kappa shape index (κ1) is 14.3. The minimum absolute atomic E-state index is 0.576. The van der Waals surface area contributed by atoms with Crippen LogP contribution in [0.3, 0.4) is 0 Å². The van der Waals surface area contributed by atoms with E-state index >= 15 is 0 Å². The van der Waals surface area contributed by atoms with Crippen molar-refractivity contribution in [1.82, 2.24) is 19.4 Å². The fourth-order valence-corrected chi connectivity index (χ4v) is 3.41. The summed E-state index contributed by atoms with van der Waals surface area (Å²) in [6.45, 7) is 2.13. The first-order valence-electron chi connectivity index (χ1n) is 6.96. The molecule has 2 aromatic rings. The lowest BCUT2D eigenvalue weighted by atomic mass is 10.2. The van der Waals surface area contributed by atoms with Gasteiger partial charge in [-0.2, -0.15) is 0 Å². The van der Waals surface area contributed by atoms with E-state index in [1.807, 2.05) is 12.3 Å². The van der Waals surface area contributed by atoms with Crippen molar-refractivity contribution in [3.63, 3.8) is 0 Å². The third kappa shape index (κ3) is 2.71. The number of rotatable bonds is 4. The third-order valence-corrected chi connectivity index (χ3v) is 4.64. The summed E-state index contributed by atoms with van der Waals surface area (Å²) in [5, 5.41) is 0. The van der Waals surface area contributed by atoms with Crippen molar-refractivity contribution < 1.29 is 0 Å². The minimum Gasteiger partial charge on any atom is -0.311 e. The van der Waals surface area contributed by atoms with Crippen LogP contribution in [0, 0.1) is 0 Å². The van der Waals surface area contributed by atoms with Crippen LogP contribution in [-0.4, -0.2) is 44.9 Å². The maximum absolute atomic E-state index is 5.92. The summed E-state index contributed by atoms with van der Waals surface area (Å²) in [6, 6.07) is 2.60. The molecule has 3 rings (SSSR count). The standard InChI is InChI=1S/C14H18BrClN4/c1-19-6-2-3-11(19)9-20-13(4-5-16)18-12-7-10(15)8-17-14(12)20/h7-8,11H,2-6,9H2,1H3. The highest BCUT2D eigenvalue weighted by atomic mass is 79.9. The molecular weight excluding hydrogens is 340 g/mol. The quantitative estimate of drug-likeness (QED) is 0.789. The van der Waals surface area contributed by atoms with Crippen molar-refractivity contribution in [2.45, 2.75) is 31.8 Å². The molecular formula is C14H18BrClN4. The molecule has 1 saturated heterocycles. The summed E-state index contributed by atoms with van der Waals surface area (Å²) >= 11 is 9.38. The Morgan fingerprint density at radius 3 is 3.05 bits per heavy atom. The van der Waals surface area contributed by atoms with Gasteiger partial charge in [0.2, 0.25) is 0 Å². The molecule has 4 nitrogen and oxygen atoms in total. The smallest absolute Gasteiger partial charge is 0.160 e. The molecule has 20 heavy (non-hydrogen) atoms. The number of fused-ring (bicyclic) bond motifs is 1. The second-order valence-corrected chi connectivity index (χ2v) is 6.64. The Morgan fingerprint density at radius 2 is 2.35 bits per heavy atom. The second kappa shape index (κ2) is 6.00. The van der Waals surface area contributed by atoms with Crippen LogP contribution in [0.5, 0.6) is 0 Å². The van der Waals surface area contributed by atoms with Crippen LogP contribution < -0.4 is 0 Å². The summed E-state index contributed by atoms with van der Waals surface area (Å²) in [6.07, 6.45) is 5.14. The van der Waals surface area contributed by atoms with Crippen LogP contribution >= 0.6 is 27.5 Å². The molecule has 0 aromatic carbocycles. The normalized spacial score (nSPS) is 20.1. The molecule has 1 fully saturated rings. The zero-order chi connectivity index (χ0) is 14.1. The molecule has 0 saturated carbocycles. The topological polar surface area (TPSA) is 34.0 Å². The molecule has 1 atom stereocenters. The highest BCUT2D eigenvalue weighted by Crippen LogP contribution is 2.23. The molecule has 1 unspecified atom stereocenters. The van der Waals surface area contributed by atoms with E-state index in [-0.39, 0.29) is 0 Å². The lowest BCUT2D eigenvalue weighted by Crippen LogP contribution is -2.30. The summed E-state index contributed by atoms with van der Waals surface area (Å²) in [4.78, 5) is 11.7. The van der Waals surface area contributed by atoms with Gasteiger partial charge in [0.05, 0.1) is 0 Å². The van der Waals surface area contributed by atoms with Gasteiger partial charge in [-0.1, -0.05) is 0 Å². The average molecular weight is 358 g/mol. The maximum Gasteiger partial charge on any atom is 0.160 e. The first-order chi connectivity index (χ1) is 9.69. The van der Waals surface area contributed by atoms with Gasteiger partial charge in [-0.15, -0.1) is 11.6 Å². The van der Waals surface area contributed by atoms with Crippen molar-refractivity contribution in [2.24, 2.45) is 0 Å². The summed E-state index contributed by atoms with van der Waals surface area (Å²) < 4.78 is 3.21. The van der Waals surface area contributed by atoms with E-state index < -0.39 is 0 Å². The molecule has 1 aliphatic rings. The second-order valence-electron chi connectivity index (χ2n) is 5.35. The minimum atomic E-state index is 0.576. The van der Waals surface area contributed by atoms with Gasteiger partial charge in [0.25, 0.3) is 0 Å². The van der Waals surface area contributed by atoms with Crippen LogP contribution in [-0.2, 0) is 13.0 Å².